The van der Waals surface area contributed by atoms with Crippen LogP contribution in [-0.2, 0) is 6.54 Å². The maximum atomic E-state index is 12.3. The molecule has 4 rings (SSSR count). The van der Waals surface area contributed by atoms with E-state index >= 15 is 0 Å². The number of carbonyl (C=O) groups is 1. The Kier molecular flexibility index (Phi) is 4.56. The van der Waals surface area contributed by atoms with E-state index in [9.17, 15) is 4.79 Å². The summed E-state index contributed by atoms with van der Waals surface area (Å²) in [6.07, 6.45) is 4.38. The number of benzene rings is 1. The first kappa shape index (κ1) is 16.5. The first-order valence-corrected chi connectivity index (χ1v) is 8.13. The van der Waals surface area contributed by atoms with Gasteiger partial charge in [0.1, 0.15) is 19.0 Å². The summed E-state index contributed by atoms with van der Waals surface area (Å²) in [5.41, 5.74) is 2.69. The summed E-state index contributed by atoms with van der Waals surface area (Å²) in [6.45, 7) is 0.258. The fourth-order valence-corrected chi connectivity index (χ4v) is 2.42. The van der Waals surface area contributed by atoms with Crippen molar-refractivity contribution in [3.63, 3.8) is 0 Å². The summed E-state index contributed by atoms with van der Waals surface area (Å²) in [4.78, 5) is 24.6. The molecule has 0 aliphatic carbocycles. The Hall–Kier alpha value is -4.01. The molecule has 0 saturated carbocycles. The van der Waals surface area contributed by atoms with Crippen LogP contribution in [-0.4, -0.2) is 40.8 Å². The van der Waals surface area contributed by atoms with Gasteiger partial charge in [0.2, 0.25) is 0 Å². The third-order valence-electron chi connectivity index (χ3n) is 3.76. The number of aromatic nitrogens is 7. The second-order valence-electron chi connectivity index (χ2n) is 5.56. The smallest absolute Gasteiger partial charge is 0.272 e. The molecule has 3 aromatic heterocycles. The van der Waals surface area contributed by atoms with Crippen molar-refractivity contribution >= 4 is 5.91 Å². The first-order chi connectivity index (χ1) is 13.3. The van der Waals surface area contributed by atoms with Crippen LogP contribution in [0.5, 0.6) is 0 Å². The molecule has 0 unspecified atom stereocenters. The van der Waals surface area contributed by atoms with E-state index in [-0.39, 0.29) is 18.1 Å². The molecule has 0 aliphatic heterocycles. The predicted octanol–water partition coefficient (Wildman–Crippen LogP) is 1.44. The van der Waals surface area contributed by atoms with Crippen molar-refractivity contribution in [3.05, 3.63) is 78.9 Å². The molecule has 1 amide bonds. The van der Waals surface area contributed by atoms with E-state index in [1.54, 1.807) is 12.1 Å². The van der Waals surface area contributed by atoms with Gasteiger partial charge in [-0.3, -0.25) is 4.79 Å². The zero-order valence-electron chi connectivity index (χ0n) is 14.1. The summed E-state index contributed by atoms with van der Waals surface area (Å²) in [5, 5.41) is 14.6. The molecule has 0 fully saturated rings. The quantitative estimate of drug-likeness (QED) is 0.574. The molecule has 132 valence electrons. The summed E-state index contributed by atoms with van der Waals surface area (Å²) >= 11 is 0. The zero-order chi connectivity index (χ0) is 18.5. The zero-order valence-corrected chi connectivity index (χ0v) is 14.1. The molecular formula is C18H14N8O. The van der Waals surface area contributed by atoms with Gasteiger partial charge in [0, 0.05) is 5.56 Å². The SMILES string of the molecule is O=C(NCc1cc(-c2ccccc2)ncn1)c1ccc(-n2cncn2)nn1. The van der Waals surface area contributed by atoms with Crippen LogP contribution in [0.1, 0.15) is 16.2 Å². The summed E-state index contributed by atoms with van der Waals surface area (Å²) in [6, 6.07) is 14.8. The van der Waals surface area contributed by atoms with Crippen LogP contribution < -0.4 is 5.32 Å². The molecule has 0 saturated heterocycles. The fourth-order valence-electron chi connectivity index (χ4n) is 2.42. The predicted molar refractivity (Wildman–Crippen MR) is 95.6 cm³/mol. The molecule has 1 N–H and O–H groups in total. The number of nitrogens with zero attached hydrogens (tertiary/aromatic N) is 7. The van der Waals surface area contributed by atoms with Gasteiger partial charge in [0.05, 0.1) is 17.9 Å². The normalized spacial score (nSPS) is 10.5. The second kappa shape index (κ2) is 7.48. The highest BCUT2D eigenvalue weighted by atomic mass is 16.1. The number of hydrogen-bond donors (Lipinski definition) is 1. The number of carbonyl (C=O) groups excluding carboxylic acids is 1. The van der Waals surface area contributed by atoms with E-state index in [1.807, 2.05) is 36.4 Å². The Morgan fingerprint density at radius 2 is 1.89 bits per heavy atom. The number of nitrogens with one attached hydrogen (secondary N) is 1. The van der Waals surface area contributed by atoms with Crippen LogP contribution in [0.3, 0.4) is 0 Å². The minimum absolute atomic E-state index is 0.205. The molecule has 3 heterocycles. The molecule has 4 aromatic rings. The molecule has 9 heteroatoms. The van der Waals surface area contributed by atoms with Gasteiger partial charge in [-0.25, -0.2) is 19.6 Å². The van der Waals surface area contributed by atoms with Gasteiger partial charge in [-0.05, 0) is 18.2 Å². The Labute approximate surface area is 154 Å². The molecule has 9 nitrogen and oxygen atoms in total. The van der Waals surface area contributed by atoms with E-state index in [0.717, 1.165) is 11.3 Å². The van der Waals surface area contributed by atoms with Gasteiger partial charge in [-0.15, -0.1) is 10.2 Å². The molecule has 0 bridgehead atoms. The van der Waals surface area contributed by atoms with Gasteiger partial charge in [0.25, 0.3) is 5.91 Å². The standard InChI is InChI=1S/C18H14N8O/c27-18(15-6-7-17(25-24-15)26-12-19-10-23-26)20-9-14-8-16(22-11-21-14)13-4-2-1-3-5-13/h1-8,10-12H,9H2,(H,20,27). The summed E-state index contributed by atoms with van der Waals surface area (Å²) in [7, 11) is 0. The van der Waals surface area contributed by atoms with E-state index < -0.39 is 0 Å². The highest BCUT2D eigenvalue weighted by Crippen LogP contribution is 2.16. The highest BCUT2D eigenvalue weighted by molar-refractivity contribution is 5.92. The third-order valence-corrected chi connectivity index (χ3v) is 3.76. The number of hydrogen-bond acceptors (Lipinski definition) is 7. The van der Waals surface area contributed by atoms with Gasteiger partial charge in [-0.1, -0.05) is 30.3 Å². The van der Waals surface area contributed by atoms with Crippen LogP contribution in [0.2, 0.25) is 0 Å². The minimum Gasteiger partial charge on any atom is -0.345 e. The lowest BCUT2D eigenvalue weighted by molar-refractivity contribution is 0.0944. The topological polar surface area (TPSA) is 111 Å². The molecule has 0 aliphatic rings. The lowest BCUT2D eigenvalue weighted by atomic mass is 10.1. The van der Waals surface area contributed by atoms with Crippen molar-refractivity contribution in [1.82, 2.24) is 40.2 Å². The molecule has 1 aromatic carbocycles. The maximum Gasteiger partial charge on any atom is 0.272 e. The number of amides is 1. The highest BCUT2D eigenvalue weighted by Gasteiger charge is 2.10. The van der Waals surface area contributed by atoms with Crippen LogP contribution >= 0.6 is 0 Å². The van der Waals surface area contributed by atoms with Crippen molar-refractivity contribution in [1.29, 1.82) is 0 Å². The average Bonchev–Trinajstić information content (AvgIpc) is 3.28. The molecule has 0 atom stereocenters. The second-order valence-corrected chi connectivity index (χ2v) is 5.56. The van der Waals surface area contributed by atoms with Crippen LogP contribution in [0.15, 0.2) is 67.5 Å². The van der Waals surface area contributed by atoms with E-state index in [4.69, 9.17) is 0 Å². The van der Waals surface area contributed by atoms with Gasteiger partial charge < -0.3 is 5.32 Å². The van der Waals surface area contributed by atoms with E-state index in [1.165, 1.54) is 23.7 Å². The lowest BCUT2D eigenvalue weighted by Crippen LogP contribution is -2.24. The van der Waals surface area contributed by atoms with Gasteiger partial charge >= 0.3 is 0 Å². The summed E-state index contributed by atoms with van der Waals surface area (Å²) < 4.78 is 1.46. The Morgan fingerprint density at radius 1 is 1.00 bits per heavy atom. The van der Waals surface area contributed by atoms with Crippen LogP contribution in [0, 0.1) is 0 Å². The van der Waals surface area contributed by atoms with Crippen molar-refractivity contribution in [2.45, 2.75) is 6.54 Å². The van der Waals surface area contributed by atoms with Crippen molar-refractivity contribution < 1.29 is 4.79 Å². The molecule has 0 spiro atoms. The largest absolute Gasteiger partial charge is 0.345 e. The monoisotopic (exact) mass is 358 g/mol. The number of rotatable bonds is 5. The lowest BCUT2D eigenvalue weighted by Gasteiger charge is -2.06. The van der Waals surface area contributed by atoms with Gasteiger partial charge in [-0.2, -0.15) is 5.10 Å². The maximum absolute atomic E-state index is 12.3. The Bertz CT molecular complexity index is 1030. The Balaban J connectivity index is 1.42. The Morgan fingerprint density at radius 3 is 2.63 bits per heavy atom. The van der Waals surface area contributed by atoms with Crippen molar-refractivity contribution in [2.75, 3.05) is 0 Å². The average molecular weight is 358 g/mol. The molecule has 27 heavy (non-hydrogen) atoms. The minimum atomic E-state index is -0.340. The van der Waals surface area contributed by atoms with Crippen molar-refractivity contribution in [2.24, 2.45) is 0 Å². The van der Waals surface area contributed by atoms with E-state index in [2.05, 4.69) is 35.6 Å². The summed E-state index contributed by atoms with van der Waals surface area (Å²) in [5.74, 6) is 0.139. The molecular weight excluding hydrogens is 344 g/mol. The van der Waals surface area contributed by atoms with Gasteiger partial charge in [0.15, 0.2) is 11.5 Å². The van der Waals surface area contributed by atoms with Crippen molar-refractivity contribution in [3.8, 4) is 17.1 Å². The third kappa shape index (κ3) is 3.82. The van der Waals surface area contributed by atoms with Crippen LogP contribution in [0.4, 0.5) is 0 Å². The fraction of sp³-hybridized carbons (Fsp3) is 0.0556. The van der Waals surface area contributed by atoms with E-state index in [0.29, 0.717) is 11.5 Å². The first-order valence-electron chi connectivity index (χ1n) is 8.13. The molecule has 0 radical (unpaired) electrons. The van der Waals surface area contributed by atoms with Crippen LogP contribution in [0.25, 0.3) is 17.1 Å².